The Hall–Kier alpha value is -3.97. The number of aldehydes is 1. The Balaban J connectivity index is 0.000000525. The molecule has 0 saturated heterocycles. The van der Waals surface area contributed by atoms with Gasteiger partial charge in [0, 0.05) is 62.2 Å². The number of esters is 1. The Morgan fingerprint density at radius 2 is 1.71 bits per heavy atom. The highest BCUT2D eigenvalue weighted by atomic mass is 35.5. The van der Waals surface area contributed by atoms with Crippen LogP contribution in [0.5, 0.6) is 0 Å². The van der Waals surface area contributed by atoms with E-state index in [-0.39, 0.29) is 5.82 Å². The van der Waals surface area contributed by atoms with Crippen LogP contribution in [0.15, 0.2) is 66.7 Å². The summed E-state index contributed by atoms with van der Waals surface area (Å²) in [6.45, 7) is 0.592. The molecular formula is C34H41ClFN3O3. The number of benzene rings is 3. The van der Waals surface area contributed by atoms with Gasteiger partial charge in [-0.05, 0) is 71.5 Å². The van der Waals surface area contributed by atoms with Gasteiger partial charge in [-0.1, -0.05) is 49.6 Å². The van der Waals surface area contributed by atoms with Crippen molar-refractivity contribution in [1.29, 1.82) is 5.41 Å². The van der Waals surface area contributed by atoms with Crippen LogP contribution >= 0.6 is 11.6 Å². The van der Waals surface area contributed by atoms with E-state index < -0.39 is 5.97 Å². The molecule has 0 aliphatic heterocycles. The molecule has 1 aliphatic carbocycles. The second-order valence-corrected chi connectivity index (χ2v) is 9.88. The molecule has 0 spiro atoms. The van der Waals surface area contributed by atoms with Gasteiger partial charge < -0.3 is 25.2 Å². The molecule has 8 heteroatoms. The average molecular weight is 594 g/mol. The van der Waals surface area contributed by atoms with Crippen molar-refractivity contribution in [1.82, 2.24) is 0 Å². The van der Waals surface area contributed by atoms with E-state index in [1.807, 2.05) is 67.5 Å². The van der Waals surface area contributed by atoms with Gasteiger partial charge in [-0.15, -0.1) is 11.6 Å². The van der Waals surface area contributed by atoms with Crippen molar-refractivity contribution in [2.75, 3.05) is 37.8 Å². The number of methoxy groups -OCH3 is 1. The van der Waals surface area contributed by atoms with Gasteiger partial charge in [0.1, 0.15) is 12.1 Å². The van der Waals surface area contributed by atoms with Gasteiger partial charge in [0.2, 0.25) is 0 Å². The van der Waals surface area contributed by atoms with E-state index in [9.17, 15) is 14.0 Å². The Kier molecular flexibility index (Phi) is 15.0. The number of nitrogens with one attached hydrogen (secondary N) is 2. The fourth-order valence-corrected chi connectivity index (χ4v) is 4.67. The molecule has 1 aliphatic rings. The smallest absolute Gasteiger partial charge is 0.330 e. The van der Waals surface area contributed by atoms with Crippen molar-refractivity contribution < 1.29 is 18.7 Å². The molecule has 6 nitrogen and oxygen atoms in total. The Morgan fingerprint density at radius 3 is 2.29 bits per heavy atom. The number of rotatable bonds is 9. The topological polar surface area (TPSA) is 82.5 Å². The largest absolute Gasteiger partial charge is 0.466 e. The molecule has 3 aromatic rings. The summed E-state index contributed by atoms with van der Waals surface area (Å²) in [5.41, 5.74) is 6.20. The standard InChI is InChI=1S/C26H26FN3O2.C7H12O.CH3Cl/c1-29-25-10-9-21(14-22(25)16-28)20-7-4-18(5-8-20)17-30(2)24-13-19(12-23(27)15-24)6-11-26(31)32-3;8-6-7-4-2-1-3-5-7;1-2/h4-16,28-29H,17H2,1-3H3;6-7H,1-5H2;1H3/b11-6+,28-16?;;. The minimum Gasteiger partial charge on any atom is -0.466 e. The van der Waals surface area contributed by atoms with Crippen molar-refractivity contribution in [3.8, 4) is 11.1 Å². The highest BCUT2D eigenvalue weighted by Gasteiger charge is 2.11. The van der Waals surface area contributed by atoms with Crippen LogP contribution in [0.1, 0.15) is 48.8 Å². The maximum absolute atomic E-state index is 14.1. The van der Waals surface area contributed by atoms with Gasteiger partial charge in [0.25, 0.3) is 0 Å². The Labute approximate surface area is 254 Å². The number of ether oxygens (including phenoxy) is 1. The predicted octanol–water partition coefficient (Wildman–Crippen LogP) is 7.98. The van der Waals surface area contributed by atoms with Crippen LogP contribution in [0.4, 0.5) is 15.8 Å². The number of nitrogens with zero attached hydrogens (tertiary/aromatic N) is 1. The third kappa shape index (κ3) is 10.8. The first-order chi connectivity index (χ1) is 20.4. The SMILES string of the molecule is CCl.CNc1ccc(-c2ccc(CN(C)c3cc(F)cc(/C=C/C(=O)OC)c3)cc2)cc1C=N.O=CC1CCCCC1. The predicted molar refractivity (Wildman–Crippen MR) is 173 cm³/mol. The lowest BCUT2D eigenvalue weighted by atomic mass is 9.91. The molecule has 1 fully saturated rings. The van der Waals surface area contributed by atoms with Crippen LogP contribution in [0, 0.1) is 17.1 Å². The van der Waals surface area contributed by atoms with E-state index in [0.717, 1.165) is 47.1 Å². The summed E-state index contributed by atoms with van der Waals surface area (Å²) in [6, 6.07) is 18.8. The van der Waals surface area contributed by atoms with Gasteiger partial charge >= 0.3 is 5.97 Å². The Morgan fingerprint density at radius 1 is 1.05 bits per heavy atom. The van der Waals surface area contributed by atoms with E-state index in [0.29, 0.717) is 23.7 Å². The molecule has 4 rings (SSSR count). The molecule has 0 amide bonds. The van der Waals surface area contributed by atoms with Crippen molar-refractivity contribution in [3.05, 3.63) is 89.2 Å². The zero-order valence-electron chi connectivity index (χ0n) is 24.8. The van der Waals surface area contributed by atoms with Crippen molar-refractivity contribution in [3.63, 3.8) is 0 Å². The summed E-state index contributed by atoms with van der Waals surface area (Å²) in [5.74, 6) is -0.456. The first-order valence-corrected chi connectivity index (χ1v) is 14.6. The number of carbonyl (C=O) groups is 2. The lowest BCUT2D eigenvalue weighted by Gasteiger charge is -2.20. The van der Waals surface area contributed by atoms with E-state index in [1.165, 1.54) is 63.3 Å². The summed E-state index contributed by atoms with van der Waals surface area (Å²) >= 11 is 4.64. The zero-order chi connectivity index (χ0) is 30.9. The quantitative estimate of drug-likeness (QED) is 0.0864. The molecule has 42 heavy (non-hydrogen) atoms. The minimum atomic E-state index is -0.488. The zero-order valence-corrected chi connectivity index (χ0v) is 25.6. The summed E-state index contributed by atoms with van der Waals surface area (Å²) in [5, 5.41) is 10.7. The molecule has 0 atom stereocenters. The van der Waals surface area contributed by atoms with E-state index in [2.05, 4.69) is 21.7 Å². The molecule has 0 unspecified atom stereocenters. The second-order valence-electron chi connectivity index (χ2n) is 9.88. The van der Waals surface area contributed by atoms with Crippen molar-refractivity contribution >= 4 is 47.5 Å². The molecule has 0 bridgehead atoms. The number of carbonyl (C=O) groups excluding carboxylic acids is 2. The van der Waals surface area contributed by atoms with Gasteiger partial charge in [-0.3, -0.25) is 0 Å². The summed E-state index contributed by atoms with van der Waals surface area (Å²) in [4.78, 5) is 23.4. The van der Waals surface area contributed by atoms with Gasteiger partial charge in [-0.2, -0.15) is 0 Å². The number of hydrogen-bond acceptors (Lipinski definition) is 6. The highest BCUT2D eigenvalue weighted by molar-refractivity contribution is 6.15. The van der Waals surface area contributed by atoms with E-state index in [4.69, 9.17) is 5.41 Å². The summed E-state index contributed by atoms with van der Waals surface area (Å²) in [7, 11) is 5.03. The molecule has 224 valence electrons. The third-order valence-electron chi connectivity index (χ3n) is 6.98. The van der Waals surface area contributed by atoms with Crippen LogP contribution in [0.25, 0.3) is 17.2 Å². The highest BCUT2D eigenvalue weighted by Crippen LogP contribution is 2.26. The van der Waals surface area contributed by atoms with Crippen LogP contribution in [0.2, 0.25) is 0 Å². The third-order valence-corrected chi connectivity index (χ3v) is 6.98. The van der Waals surface area contributed by atoms with Gasteiger partial charge in [0.05, 0.1) is 7.11 Å². The summed E-state index contributed by atoms with van der Waals surface area (Å²) in [6.07, 6.45) is 12.9. The fourth-order valence-electron chi connectivity index (χ4n) is 4.67. The summed E-state index contributed by atoms with van der Waals surface area (Å²) < 4.78 is 18.7. The normalized spacial score (nSPS) is 12.7. The maximum atomic E-state index is 14.1. The molecule has 0 radical (unpaired) electrons. The van der Waals surface area contributed by atoms with Crippen LogP contribution in [-0.4, -0.2) is 46.1 Å². The van der Waals surface area contributed by atoms with E-state index >= 15 is 0 Å². The number of halogens is 2. The number of alkyl halides is 1. The first-order valence-electron chi connectivity index (χ1n) is 13.9. The first kappa shape index (κ1) is 34.2. The monoisotopic (exact) mass is 593 g/mol. The van der Waals surface area contributed by atoms with Crippen LogP contribution < -0.4 is 10.2 Å². The van der Waals surface area contributed by atoms with Gasteiger partial charge in [-0.25, -0.2) is 9.18 Å². The number of hydrogen-bond donors (Lipinski definition) is 2. The second kappa shape index (κ2) is 18.5. The van der Waals surface area contributed by atoms with Crippen LogP contribution in [0.3, 0.4) is 0 Å². The van der Waals surface area contributed by atoms with Gasteiger partial charge in [0.15, 0.2) is 0 Å². The molecular weight excluding hydrogens is 553 g/mol. The molecule has 2 N–H and O–H groups in total. The van der Waals surface area contributed by atoms with Crippen molar-refractivity contribution in [2.45, 2.75) is 38.6 Å². The molecule has 0 heterocycles. The maximum Gasteiger partial charge on any atom is 0.330 e. The lowest BCUT2D eigenvalue weighted by molar-refractivity contribution is -0.134. The number of anilines is 2. The van der Waals surface area contributed by atoms with Crippen LogP contribution in [-0.2, 0) is 20.9 Å². The Bertz CT molecular complexity index is 1320. The lowest BCUT2D eigenvalue weighted by Crippen LogP contribution is -2.16. The molecule has 3 aromatic carbocycles. The minimum absolute atomic E-state index is 0.374. The molecule has 1 saturated carbocycles. The van der Waals surface area contributed by atoms with Crippen molar-refractivity contribution in [2.24, 2.45) is 5.92 Å². The fraction of sp³-hybridized carbons (Fsp3) is 0.324. The molecule has 0 aromatic heterocycles. The van der Waals surface area contributed by atoms with E-state index in [1.54, 1.807) is 0 Å². The average Bonchev–Trinajstić information content (AvgIpc) is 3.05.